The quantitative estimate of drug-likeness (QED) is 0.411. The summed E-state index contributed by atoms with van der Waals surface area (Å²) >= 11 is 0. The maximum Gasteiger partial charge on any atom is 0.150 e. The lowest BCUT2D eigenvalue weighted by atomic mass is 10.2. The number of unbranched alkanes of at least 4 members (excludes halogenated alkanes) is 5. The van der Waals surface area contributed by atoms with Crippen LogP contribution in [-0.4, -0.2) is 31.4 Å². The zero-order valence-corrected chi connectivity index (χ0v) is 18.0. The zero-order chi connectivity index (χ0) is 22.3. The molecular weight excluding hydrogens is 356 g/mol. The van der Waals surface area contributed by atoms with E-state index >= 15 is 0 Å². The van der Waals surface area contributed by atoms with Gasteiger partial charge in [-0.3, -0.25) is 4.79 Å². The van der Waals surface area contributed by atoms with E-state index in [2.05, 4.69) is 13.8 Å². The largest absolute Gasteiger partial charge is 0.304 e. The molecule has 1 aromatic rings. The van der Waals surface area contributed by atoms with E-state index in [1.54, 1.807) is 12.1 Å². The van der Waals surface area contributed by atoms with Crippen LogP contribution in [0.2, 0.25) is 0 Å². The molecule has 0 radical (unpaired) electrons. The lowest BCUT2D eigenvalue weighted by molar-refractivity contribution is -0.108. The Hall–Kier alpha value is -2.43. The first-order chi connectivity index (χ1) is 13.6. The highest BCUT2D eigenvalue weighted by atomic mass is 16.1. The second-order valence-corrected chi connectivity index (χ2v) is 5.31. The van der Waals surface area contributed by atoms with Crippen LogP contribution in [0.25, 0.3) is 0 Å². The number of benzene rings is 1. The SMILES string of the molecule is CC=O.CCC=O.CCCCC=O.CCCCCC=O.O=Cc1ccccc1. The fourth-order valence-electron chi connectivity index (χ4n) is 1.30. The topological polar surface area (TPSA) is 85.3 Å². The van der Waals surface area contributed by atoms with E-state index < -0.39 is 0 Å². The number of carbonyl (C=O) groups excluding carboxylic acids is 5. The Morgan fingerprint density at radius 2 is 1.11 bits per heavy atom. The van der Waals surface area contributed by atoms with Crippen molar-refractivity contribution in [3.8, 4) is 0 Å². The van der Waals surface area contributed by atoms with E-state index in [4.69, 9.17) is 4.79 Å². The van der Waals surface area contributed by atoms with Crippen LogP contribution < -0.4 is 0 Å². The van der Waals surface area contributed by atoms with Crippen LogP contribution in [0.1, 0.15) is 89.4 Å². The maximum atomic E-state index is 10.0. The summed E-state index contributed by atoms with van der Waals surface area (Å²) in [7, 11) is 0. The van der Waals surface area contributed by atoms with Crippen LogP contribution in [0.15, 0.2) is 30.3 Å². The average molecular weight is 395 g/mol. The average Bonchev–Trinajstić information content (AvgIpc) is 2.75. The number of aldehydes is 5. The van der Waals surface area contributed by atoms with Gasteiger partial charge in [0, 0.05) is 24.8 Å². The molecule has 0 atom stereocenters. The van der Waals surface area contributed by atoms with Crippen molar-refractivity contribution in [3.63, 3.8) is 0 Å². The van der Waals surface area contributed by atoms with Crippen molar-refractivity contribution in [3.05, 3.63) is 35.9 Å². The van der Waals surface area contributed by atoms with Crippen LogP contribution in [0, 0.1) is 0 Å². The van der Waals surface area contributed by atoms with Crippen LogP contribution in [0.3, 0.4) is 0 Å². The van der Waals surface area contributed by atoms with Crippen molar-refractivity contribution in [2.24, 2.45) is 0 Å². The Kier molecular flexibility index (Phi) is 46.9. The first kappa shape index (κ1) is 33.2. The van der Waals surface area contributed by atoms with Crippen LogP contribution >= 0.6 is 0 Å². The molecule has 0 heterocycles. The standard InChI is InChI=1S/C7H6O.C6H12O.C5H10O.C3H6O.C2H4O/c8-6-7-4-2-1-3-5-7;1-2-3-4-5-6-7;1-2-3-4-5-6;1-2-3-4;1-2-3/h1-6H;6H,2-5H2,1H3;5H,2-4H2,1H3;3H,2H2,1H3;2H,1H3. The summed E-state index contributed by atoms with van der Waals surface area (Å²) in [5, 5.41) is 0. The first-order valence-corrected chi connectivity index (χ1v) is 9.80. The van der Waals surface area contributed by atoms with Gasteiger partial charge in [0.25, 0.3) is 0 Å². The number of carbonyl (C=O) groups is 5. The van der Waals surface area contributed by atoms with Gasteiger partial charge in [0.15, 0.2) is 0 Å². The monoisotopic (exact) mass is 394 g/mol. The van der Waals surface area contributed by atoms with Gasteiger partial charge in [-0.25, -0.2) is 0 Å². The molecule has 0 N–H and O–H groups in total. The summed E-state index contributed by atoms with van der Waals surface area (Å²) in [4.78, 5) is 47.2. The summed E-state index contributed by atoms with van der Waals surface area (Å²) < 4.78 is 0. The Labute approximate surface area is 170 Å². The fourth-order valence-corrected chi connectivity index (χ4v) is 1.30. The van der Waals surface area contributed by atoms with E-state index in [9.17, 15) is 19.2 Å². The molecule has 1 aromatic carbocycles. The van der Waals surface area contributed by atoms with E-state index in [0.29, 0.717) is 6.42 Å². The van der Waals surface area contributed by atoms with Gasteiger partial charge >= 0.3 is 0 Å². The van der Waals surface area contributed by atoms with Crippen LogP contribution in [0.4, 0.5) is 0 Å². The molecule has 0 aliphatic heterocycles. The number of hydrogen-bond donors (Lipinski definition) is 0. The van der Waals surface area contributed by atoms with E-state index in [-0.39, 0.29) is 0 Å². The molecule has 0 amide bonds. The Morgan fingerprint density at radius 1 is 0.679 bits per heavy atom. The summed E-state index contributed by atoms with van der Waals surface area (Å²) in [6, 6.07) is 9.10. The molecule has 0 spiro atoms. The molecule has 0 saturated heterocycles. The van der Waals surface area contributed by atoms with E-state index in [0.717, 1.165) is 69.1 Å². The van der Waals surface area contributed by atoms with E-state index in [1.807, 2.05) is 25.1 Å². The Morgan fingerprint density at radius 3 is 1.36 bits per heavy atom. The molecule has 28 heavy (non-hydrogen) atoms. The summed E-state index contributed by atoms with van der Waals surface area (Å²) in [6.45, 7) is 7.46. The minimum atomic E-state index is 0.639. The van der Waals surface area contributed by atoms with Gasteiger partial charge in [0.05, 0.1) is 0 Å². The predicted molar refractivity (Wildman–Crippen MR) is 116 cm³/mol. The molecule has 0 fully saturated rings. The third-order valence-electron chi connectivity index (χ3n) is 2.70. The van der Waals surface area contributed by atoms with Gasteiger partial charge in [-0.2, -0.15) is 0 Å². The molecule has 5 heteroatoms. The van der Waals surface area contributed by atoms with Gasteiger partial charge in [0.2, 0.25) is 0 Å². The minimum Gasteiger partial charge on any atom is -0.304 e. The molecule has 0 unspecified atom stereocenters. The third-order valence-corrected chi connectivity index (χ3v) is 2.70. The molecule has 0 aliphatic rings. The highest BCUT2D eigenvalue weighted by molar-refractivity contribution is 5.74. The van der Waals surface area contributed by atoms with Crippen molar-refractivity contribution in [1.82, 2.24) is 0 Å². The van der Waals surface area contributed by atoms with E-state index in [1.165, 1.54) is 19.8 Å². The van der Waals surface area contributed by atoms with Crippen molar-refractivity contribution in [2.75, 3.05) is 0 Å². The zero-order valence-electron chi connectivity index (χ0n) is 18.0. The minimum absolute atomic E-state index is 0.639. The maximum absolute atomic E-state index is 10.0. The fraction of sp³-hybridized carbons (Fsp3) is 0.522. The van der Waals surface area contributed by atoms with Crippen LogP contribution in [0.5, 0.6) is 0 Å². The molecule has 1 rings (SSSR count). The first-order valence-electron chi connectivity index (χ1n) is 9.80. The molecule has 0 aliphatic carbocycles. The van der Waals surface area contributed by atoms with Crippen molar-refractivity contribution >= 4 is 31.4 Å². The third kappa shape index (κ3) is 49.5. The second kappa shape index (κ2) is 39.6. The Bertz CT molecular complexity index is 430. The lowest BCUT2D eigenvalue weighted by Crippen LogP contribution is -1.73. The van der Waals surface area contributed by atoms with Crippen molar-refractivity contribution in [1.29, 1.82) is 0 Å². The highest BCUT2D eigenvalue weighted by Crippen LogP contribution is 1.94. The van der Waals surface area contributed by atoms with Gasteiger partial charge in [-0.1, -0.05) is 70.4 Å². The van der Waals surface area contributed by atoms with Crippen molar-refractivity contribution in [2.45, 2.75) is 79.1 Å². The lowest BCUT2D eigenvalue weighted by Gasteiger charge is -1.85. The molecule has 160 valence electrons. The smallest absolute Gasteiger partial charge is 0.150 e. The molecule has 0 saturated carbocycles. The number of hydrogen-bond acceptors (Lipinski definition) is 5. The van der Waals surface area contributed by atoms with Gasteiger partial charge in [0.1, 0.15) is 31.4 Å². The summed E-state index contributed by atoms with van der Waals surface area (Å²) in [6.07, 6.45) is 12.2. The van der Waals surface area contributed by atoms with Gasteiger partial charge in [-0.05, 0) is 19.8 Å². The summed E-state index contributed by atoms with van der Waals surface area (Å²) in [5.74, 6) is 0. The summed E-state index contributed by atoms with van der Waals surface area (Å²) in [5.41, 5.74) is 0.729. The highest BCUT2D eigenvalue weighted by Gasteiger charge is 1.80. The Balaban J connectivity index is -0.000000134. The molecule has 5 nitrogen and oxygen atoms in total. The van der Waals surface area contributed by atoms with Gasteiger partial charge in [-0.15, -0.1) is 0 Å². The van der Waals surface area contributed by atoms with Crippen LogP contribution in [-0.2, 0) is 19.2 Å². The van der Waals surface area contributed by atoms with Gasteiger partial charge < -0.3 is 19.2 Å². The normalized spacial score (nSPS) is 7.71. The number of rotatable bonds is 9. The molecule has 0 aromatic heterocycles. The molecular formula is C23H38O5. The van der Waals surface area contributed by atoms with Crippen molar-refractivity contribution < 1.29 is 24.0 Å². The molecule has 0 bridgehead atoms. The predicted octanol–water partition coefficient (Wildman–Crippen LogP) is 5.44. The second-order valence-electron chi connectivity index (χ2n) is 5.31.